The second-order valence-corrected chi connectivity index (χ2v) is 3.79. The first-order chi connectivity index (χ1) is 8.22. The van der Waals surface area contributed by atoms with Crippen molar-refractivity contribution in [3.05, 3.63) is 30.1 Å². The molecular formula is C12H14N2O3. The summed E-state index contributed by atoms with van der Waals surface area (Å²) in [5.41, 5.74) is 1.94. The van der Waals surface area contributed by atoms with E-state index in [0.29, 0.717) is 6.61 Å². The molecule has 0 unspecified atom stereocenters. The van der Waals surface area contributed by atoms with Gasteiger partial charge >= 0.3 is 5.97 Å². The molecule has 5 heteroatoms. The van der Waals surface area contributed by atoms with Gasteiger partial charge in [-0.25, -0.2) is 9.78 Å². The van der Waals surface area contributed by atoms with E-state index in [1.54, 1.807) is 31.6 Å². The van der Waals surface area contributed by atoms with Gasteiger partial charge in [0.25, 0.3) is 0 Å². The summed E-state index contributed by atoms with van der Waals surface area (Å²) in [5, 5.41) is 8.94. The van der Waals surface area contributed by atoms with Gasteiger partial charge in [-0.05, 0) is 24.6 Å². The molecule has 1 N–H and O–H groups in total. The van der Waals surface area contributed by atoms with E-state index < -0.39 is 5.97 Å². The highest BCUT2D eigenvalue weighted by atomic mass is 16.5. The van der Waals surface area contributed by atoms with E-state index >= 15 is 0 Å². The largest absolute Gasteiger partial charge is 0.478 e. The maximum absolute atomic E-state index is 10.9. The van der Waals surface area contributed by atoms with Crippen molar-refractivity contribution >= 4 is 17.0 Å². The van der Waals surface area contributed by atoms with Crippen molar-refractivity contribution in [2.45, 2.75) is 13.0 Å². The van der Waals surface area contributed by atoms with Gasteiger partial charge in [-0.3, -0.25) is 0 Å². The Morgan fingerprint density at radius 3 is 3.06 bits per heavy atom. The van der Waals surface area contributed by atoms with Crippen molar-refractivity contribution in [2.24, 2.45) is 0 Å². The van der Waals surface area contributed by atoms with Crippen LogP contribution >= 0.6 is 0 Å². The van der Waals surface area contributed by atoms with E-state index in [1.807, 2.05) is 4.57 Å². The highest BCUT2D eigenvalue weighted by molar-refractivity contribution is 5.92. The third kappa shape index (κ3) is 2.45. The monoisotopic (exact) mass is 234 g/mol. The summed E-state index contributed by atoms with van der Waals surface area (Å²) < 4.78 is 6.93. The zero-order valence-corrected chi connectivity index (χ0v) is 9.59. The second kappa shape index (κ2) is 4.97. The minimum atomic E-state index is -0.920. The Balaban J connectivity index is 2.30. The number of hydrogen-bond acceptors (Lipinski definition) is 3. The molecule has 2 rings (SSSR count). The van der Waals surface area contributed by atoms with Crippen molar-refractivity contribution in [3.8, 4) is 0 Å². The smallest absolute Gasteiger partial charge is 0.335 e. The number of aryl methyl sites for hydroxylation is 1. The third-order valence-corrected chi connectivity index (χ3v) is 2.62. The van der Waals surface area contributed by atoms with Crippen molar-refractivity contribution in [2.75, 3.05) is 13.7 Å². The van der Waals surface area contributed by atoms with Crippen LogP contribution in [0.15, 0.2) is 24.5 Å². The van der Waals surface area contributed by atoms with Gasteiger partial charge in [0.1, 0.15) is 0 Å². The molecule has 1 aromatic heterocycles. The number of fused-ring (bicyclic) bond motifs is 1. The summed E-state index contributed by atoms with van der Waals surface area (Å²) >= 11 is 0. The van der Waals surface area contributed by atoms with Crippen molar-refractivity contribution in [1.29, 1.82) is 0 Å². The molecule has 0 bridgehead atoms. The molecule has 90 valence electrons. The van der Waals surface area contributed by atoms with Gasteiger partial charge in [0.2, 0.25) is 0 Å². The fourth-order valence-corrected chi connectivity index (χ4v) is 1.75. The Bertz CT molecular complexity index is 534. The summed E-state index contributed by atoms with van der Waals surface area (Å²) in [6, 6.07) is 4.94. The first-order valence-corrected chi connectivity index (χ1v) is 5.39. The second-order valence-electron chi connectivity index (χ2n) is 3.79. The zero-order chi connectivity index (χ0) is 12.3. The summed E-state index contributed by atoms with van der Waals surface area (Å²) in [5.74, 6) is -0.920. The average molecular weight is 234 g/mol. The molecule has 0 radical (unpaired) electrons. The van der Waals surface area contributed by atoms with Crippen LogP contribution in [0, 0.1) is 0 Å². The molecule has 1 aromatic carbocycles. The predicted octanol–water partition coefficient (Wildman–Crippen LogP) is 1.77. The van der Waals surface area contributed by atoms with E-state index in [9.17, 15) is 4.79 Å². The number of benzene rings is 1. The maximum Gasteiger partial charge on any atom is 0.335 e. The van der Waals surface area contributed by atoms with E-state index in [0.717, 1.165) is 24.0 Å². The molecule has 0 aliphatic rings. The fourth-order valence-electron chi connectivity index (χ4n) is 1.75. The number of carboxylic acid groups (broad SMARTS) is 1. The number of rotatable bonds is 5. The number of ether oxygens (including phenoxy) is 1. The van der Waals surface area contributed by atoms with E-state index in [2.05, 4.69) is 4.98 Å². The van der Waals surface area contributed by atoms with E-state index in [4.69, 9.17) is 9.84 Å². The topological polar surface area (TPSA) is 64.4 Å². The number of methoxy groups -OCH3 is 1. The van der Waals surface area contributed by atoms with Crippen LogP contribution in [0.3, 0.4) is 0 Å². The van der Waals surface area contributed by atoms with E-state index in [-0.39, 0.29) is 5.56 Å². The van der Waals surface area contributed by atoms with Crippen LogP contribution in [-0.2, 0) is 11.3 Å². The fraction of sp³-hybridized carbons (Fsp3) is 0.333. The molecule has 0 aliphatic heterocycles. The standard InChI is InChI=1S/C12H14N2O3/c1-17-6-2-5-14-8-13-10-4-3-9(12(15)16)7-11(10)14/h3-4,7-8H,2,5-6H2,1H3,(H,15,16). The van der Waals surface area contributed by atoms with Gasteiger partial charge in [-0.2, -0.15) is 0 Å². The van der Waals surface area contributed by atoms with Gasteiger partial charge in [-0.1, -0.05) is 0 Å². The van der Waals surface area contributed by atoms with Crippen molar-refractivity contribution in [3.63, 3.8) is 0 Å². The van der Waals surface area contributed by atoms with Crippen LogP contribution in [0.4, 0.5) is 0 Å². The SMILES string of the molecule is COCCCn1cnc2ccc(C(=O)O)cc21. The lowest BCUT2D eigenvalue weighted by Gasteiger charge is -2.04. The first kappa shape index (κ1) is 11.6. The first-order valence-electron chi connectivity index (χ1n) is 5.39. The van der Waals surface area contributed by atoms with Crippen LogP contribution in [0.2, 0.25) is 0 Å². The molecule has 0 saturated carbocycles. The van der Waals surface area contributed by atoms with Gasteiger partial charge in [-0.15, -0.1) is 0 Å². The van der Waals surface area contributed by atoms with Gasteiger partial charge in [0.15, 0.2) is 0 Å². The van der Waals surface area contributed by atoms with Crippen molar-refractivity contribution < 1.29 is 14.6 Å². The molecule has 0 aliphatic carbocycles. The molecule has 2 aromatic rings. The molecular weight excluding hydrogens is 220 g/mol. The minimum absolute atomic E-state index is 0.283. The molecule has 0 saturated heterocycles. The third-order valence-electron chi connectivity index (χ3n) is 2.62. The number of carboxylic acids is 1. The van der Waals surface area contributed by atoms with Crippen LogP contribution in [0.25, 0.3) is 11.0 Å². The number of carbonyl (C=O) groups is 1. The summed E-state index contributed by atoms with van der Waals surface area (Å²) in [7, 11) is 1.66. The molecule has 0 spiro atoms. The molecule has 0 amide bonds. The van der Waals surface area contributed by atoms with Gasteiger partial charge < -0.3 is 14.4 Å². The van der Waals surface area contributed by atoms with Crippen LogP contribution in [0.1, 0.15) is 16.8 Å². The van der Waals surface area contributed by atoms with Crippen LogP contribution in [0.5, 0.6) is 0 Å². The van der Waals surface area contributed by atoms with E-state index in [1.165, 1.54) is 0 Å². The maximum atomic E-state index is 10.9. The number of hydrogen-bond donors (Lipinski definition) is 1. The zero-order valence-electron chi connectivity index (χ0n) is 9.59. The van der Waals surface area contributed by atoms with Crippen LogP contribution < -0.4 is 0 Å². The Morgan fingerprint density at radius 2 is 2.35 bits per heavy atom. The summed E-state index contributed by atoms with van der Waals surface area (Å²) in [6.07, 6.45) is 2.60. The molecule has 0 atom stereocenters. The normalized spacial score (nSPS) is 10.9. The lowest BCUT2D eigenvalue weighted by Crippen LogP contribution is -2.01. The lowest BCUT2D eigenvalue weighted by atomic mass is 10.2. The Kier molecular flexibility index (Phi) is 3.39. The highest BCUT2D eigenvalue weighted by Gasteiger charge is 2.07. The quantitative estimate of drug-likeness (QED) is 0.801. The molecule has 5 nitrogen and oxygen atoms in total. The number of aromatic carboxylic acids is 1. The van der Waals surface area contributed by atoms with Crippen molar-refractivity contribution in [1.82, 2.24) is 9.55 Å². The molecule has 1 heterocycles. The average Bonchev–Trinajstić information content (AvgIpc) is 2.72. The Hall–Kier alpha value is -1.88. The molecule has 0 fully saturated rings. The number of imidazole rings is 1. The Labute approximate surface area is 98.6 Å². The minimum Gasteiger partial charge on any atom is -0.478 e. The van der Waals surface area contributed by atoms with Gasteiger partial charge in [0.05, 0.1) is 22.9 Å². The lowest BCUT2D eigenvalue weighted by molar-refractivity contribution is 0.0697. The Morgan fingerprint density at radius 1 is 1.53 bits per heavy atom. The molecule has 17 heavy (non-hydrogen) atoms. The summed E-state index contributed by atoms with van der Waals surface area (Å²) in [6.45, 7) is 1.45. The highest BCUT2D eigenvalue weighted by Crippen LogP contribution is 2.15. The predicted molar refractivity (Wildman–Crippen MR) is 63.2 cm³/mol. The number of nitrogens with zero attached hydrogens (tertiary/aromatic N) is 2. The number of aromatic nitrogens is 2. The van der Waals surface area contributed by atoms with Gasteiger partial charge in [0, 0.05) is 20.3 Å². The van der Waals surface area contributed by atoms with Crippen LogP contribution in [-0.4, -0.2) is 34.3 Å². The summed E-state index contributed by atoms with van der Waals surface area (Å²) in [4.78, 5) is 15.1.